The van der Waals surface area contributed by atoms with Crippen LogP contribution in [0.2, 0.25) is 0 Å². The molecule has 0 rings (SSSR count). The van der Waals surface area contributed by atoms with Crippen molar-refractivity contribution < 1.29 is 26.7 Å². The summed E-state index contributed by atoms with van der Waals surface area (Å²) in [6.07, 6.45) is 0.768. The molecule has 0 aliphatic heterocycles. The molecule has 1 N–H and O–H groups in total. The van der Waals surface area contributed by atoms with E-state index in [1.165, 1.54) is 0 Å². The zero-order chi connectivity index (χ0) is 12.4. The van der Waals surface area contributed by atoms with Crippen LogP contribution in [-0.2, 0) is 24.7 Å². The molecule has 15 heavy (non-hydrogen) atoms. The van der Waals surface area contributed by atoms with Crippen LogP contribution in [0.25, 0.3) is 0 Å². The van der Waals surface area contributed by atoms with Gasteiger partial charge < -0.3 is 5.11 Å². The summed E-state index contributed by atoms with van der Waals surface area (Å²) in [5.74, 6) is -1.34. The highest BCUT2D eigenvalue weighted by Crippen LogP contribution is 2.07. The van der Waals surface area contributed by atoms with Crippen molar-refractivity contribution in [3.05, 3.63) is 0 Å². The van der Waals surface area contributed by atoms with Gasteiger partial charge in [0.25, 0.3) is 0 Å². The zero-order valence-corrected chi connectivity index (χ0v) is 10.2. The molecule has 0 saturated carbocycles. The highest BCUT2D eigenvalue weighted by molar-refractivity contribution is 8.06. The van der Waals surface area contributed by atoms with E-state index >= 15 is 0 Å². The van der Waals surface area contributed by atoms with Crippen molar-refractivity contribution in [1.29, 1.82) is 0 Å². The number of aliphatic carboxylic acids is 1. The predicted molar refractivity (Wildman–Crippen MR) is 53.5 cm³/mol. The minimum Gasteiger partial charge on any atom is -0.480 e. The first-order valence-corrected chi connectivity index (χ1v) is 7.50. The van der Waals surface area contributed by atoms with Crippen molar-refractivity contribution in [1.82, 2.24) is 4.31 Å². The largest absolute Gasteiger partial charge is 0.480 e. The van der Waals surface area contributed by atoms with Crippen molar-refractivity contribution in [3.63, 3.8) is 0 Å². The number of nitrogens with zero attached hydrogens (tertiary/aromatic N) is 1. The van der Waals surface area contributed by atoms with Crippen LogP contribution < -0.4 is 0 Å². The third-order valence-corrected chi connectivity index (χ3v) is 5.80. The van der Waals surface area contributed by atoms with Crippen LogP contribution in [0.15, 0.2) is 0 Å². The van der Waals surface area contributed by atoms with Gasteiger partial charge >= 0.3 is 5.97 Å². The topological polar surface area (TPSA) is 109 Å². The Morgan fingerprint density at radius 3 is 2.00 bits per heavy atom. The average Bonchev–Trinajstić information content (AvgIpc) is 1.96. The van der Waals surface area contributed by atoms with Crippen LogP contribution in [0.4, 0.5) is 0 Å². The molecular weight excluding hydrogens is 246 g/mol. The number of carbonyl (C=O) groups is 1. The van der Waals surface area contributed by atoms with E-state index in [-0.39, 0.29) is 0 Å². The number of hydrogen-bond acceptors (Lipinski definition) is 5. The van der Waals surface area contributed by atoms with Crippen molar-refractivity contribution in [2.24, 2.45) is 0 Å². The Morgan fingerprint density at radius 1 is 1.33 bits per heavy atom. The van der Waals surface area contributed by atoms with E-state index in [0.717, 1.165) is 20.2 Å². The molecule has 0 heterocycles. The van der Waals surface area contributed by atoms with E-state index in [2.05, 4.69) is 0 Å². The Bertz CT molecular complexity index is 436. The summed E-state index contributed by atoms with van der Waals surface area (Å²) < 4.78 is 44.9. The first-order chi connectivity index (χ1) is 6.47. The number of sulfonamides is 1. The maximum Gasteiger partial charge on any atom is 0.321 e. The minimum absolute atomic E-state index is 0.524. The summed E-state index contributed by atoms with van der Waals surface area (Å²) in [4.78, 5) is 10.5. The van der Waals surface area contributed by atoms with Crippen molar-refractivity contribution in [2.75, 3.05) is 18.4 Å². The Kier molecular flexibility index (Phi) is 4.26. The molecule has 0 aromatic heterocycles. The lowest BCUT2D eigenvalue weighted by Crippen LogP contribution is -2.42. The fraction of sp³-hybridized carbons (Fsp3) is 0.833. The third kappa shape index (κ3) is 4.58. The molecule has 90 valence electrons. The van der Waals surface area contributed by atoms with Gasteiger partial charge in [0.05, 0.1) is 0 Å². The van der Waals surface area contributed by atoms with Gasteiger partial charge in [-0.2, -0.15) is 4.31 Å². The number of hydrogen-bond donors (Lipinski definition) is 1. The van der Waals surface area contributed by atoms with Gasteiger partial charge in [-0.1, -0.05) is 0 Å². The molecule has 7 nitrogen and oxygen atoms in total. The van der Waals surface area contributed by atoms with Crippen molar-refractivity contribution in [2.45, 2.75) is 13.0 Å². The summed E-state index contributed by atoms with van der Waals surface area (Å²) in [5, 5.41) is 7.47. The van der Waals surface area contributed by atoms with E-state index in [1.54, 1.807) is 0 Å². The predicted octanol–water partition coefficient (Wildman–Crippen LogP) is -1.28. The molecule has 0 aromatic rings. The standard InChI is InChI=1S/C6H13NO6S2/c1-5(6(8)9)7(2)15(12,13)4-14(3,10)11/h5H,4H2,1-3H3,(H,8,9). The minimum atomic E-state index is -4.10. The summed E-state index contributed by atoms with van der Waals surface area (Å²) in [6, 6.07) is -1.29. The molecule has 0 aliphatic carbocycles. The van der Waals surface area contributed by atoms with Gasteiger partial charge in [0.15, 0.2) is 14.9 Å². The highest BCUT2D eigenvalue weighted by Gasteiger charge is 2.30. The molecule has 0 spiro atoms. The Morgan fingerprint density at radius 2 is 1.73 bits per heavy atom. The number of carboxylic acid groups (broad SMARTS) is 1. The molecule has 1 atom stereocenters. The second kappa shape index (κ2) is 4.45. The third-order valence-electron chi connectivity index (χ3n) is 1.70. The van der Waals surface area contributed by atoms with Gasteiger partial charge in [0.1, 0.15) is 6.04 Å². The fourth-order valence-electron chi connectivity index (χ4n) is 0.750. The SMILES string of the molecule is CC(C(=O)O)N(C)S(=O)(=O)CS(C)(=O)=O. The van der Waals surface area contributed by atoms with Gasteiger partial charge in [0.2, 0.25) is 10.0 Å². The second-order valence-electron chi connectivity index (χ2n) is 3.19. The smallest absolute Gasteiger partial charge is 0.321 e. The zero-order valence-electron chi connectivity index (χ0n) is 8.54. The molecule has 0 radical (unpaired) electrons. The van der Waals surface area contributed by atoms with Gasteiger partial charge in [-0.05, 0) is 6.92 Å². The van der Waals surface area contributed by atoms with Crippen LogP contribution >= 0.6 is 0 Å². The number of rotatable bonds is 5. The van der Waals surface area contributed by atoms with Crippen LogP contribution in [0.1, 0.15) is 6.92 Å². The van der Waals surface area contributed by atoms with Crippen molar-refractivity contribution >= 4 is 25.8 Å². The lowest BCUT2D eigenvalue weighted by molar-refractivity contribution is -0.140. The average molecular weight is 259 g/mol. The number of likely N-dealkylation sites (N-methyl/N-ethyl adjacent to an activating group) is 1. The summed E-state index contributed by atoms with van der Waals surface area (Å²) in [5.41, 5.74) is 0. The second-order valence-corrected chi connectivity index (χ2v) is 7.72. The van der Waals surface area contributed by atoms with E-state index < -0.39 is 37.0 Å². The fourth-order valence-corrected chi connectivity index (χ4v) is 4.15. The molecular formula is C6H13NO6S2. The Balaban J connectivity index is 4.99. The lowest BCUT2D eigenvalue weighted by Gasteiger charge is -2.20. The number of sulfone groups is 1. The molecule has 0 amide bonds. The van der Waals surface area contributed by atoms with E-state index in [4.69, 9.17) is 5.11 Å². The van der Waals surface area contributed by atoms with Crippen molar-refractivity contribution in [3.8, 4) is 0 Å². The van der Waals surface area contributed by atoms with Crippen LogP contribution in [0.3, 0.4) is 0 Å². The van der Waals surface area contributed by atoms with E-state index in [9.17, 15) is 21.6 Å². The maximum absolute atomic E-state index is 11.4. The first kappa shape index (κ1) is 14.3. The van der Waals surface area contributed by atoms with Crippen LogP contribution in [0, 0.1) is 0 Å². The number of carboxylic acids is 1. The van der Waals surface area contributed by atoms with Crippen LogP contribution in [0.5, 0.6) is 0 Å². The summed E-state index contributed by atoms with van der Waals surface area (Å²) >= 11 is 0. The maximum atomic E-state index is 11.4. The molecule has 0 aliphatic rings. The van der Waals surface area contributed by atoms with E-state index in [0.29, 0.717) is 4.31 Å². The molecule has 9 heteroatoms. The first-order valence-electron chi connectivity index (χ1n) is 3.83. The Hall–Kier alpha value is -0.670. The Labute approximate surface area is 88.7 Å². The molecule has 1 unspecified atom stereocenters. The van der Waals surface area contributed by atoms with Gasteiger partial charge in [-0.25, -0.2) is 16.8 Å². The molecule has 0 fully saturated rings. The lowest BCUT2D eigenvalue weighted by atomic mass is 10.4. The van der Waals surface area contributed by atoms with Gasteiger partial charge in [-0.15, -0.1) is 0 Å². The quantitative estimate of drug-likeness (QED) is 0.659. The van der Waals surface area contributed by atoms with Crippen LogP contribution in [-0.4, -0.2) is 56.6 Å². The normalized spacial score (nSPS) is 15.2. The monoisotopic (exact) mass is 259 g/mol. The highest BCUT2D eigenvalue weighted by atomic mass is 32.3. The van der Waals surface area contributed by atoms with Gasteiger partial charge in [-0.3, -0.25) is 4.79 Å². The molecule has 0 saturated heterocycles. The summed E-state index contributed by atoms with van der Waals surface area (Å²) in [7, 11) is -6.78. The molecule has 0 bridgehead atoms. The molecule has 0 aromatic carbocycles. The summed E-state index contributed by atoms with van der Waals surface area (Å²) in [6.45, 7) is 1.15. The van der Waals surface area contributed by atoms with Gasteiger partial charge in [0, 0.05) is 13.3 Å². The van der Waals surface area contributed by atoms with E-state index in [1.807, 2.05) is 0 Å².